The summed E-state index contributed by atoms with van der Waals surface area (Å²) in [7, 11) is 0. The zero-order chi connectivity index (χ0) is 23.9. The van der Waals surface area contributed by atoms with E-state index >= 15 is 0 Å². The number of nitrogens with one attached hydrogen (secondary N) is 1. The molecule has 0 aromatic heterocycles. The van der Waals surface area contributed by atoms with Crippen molar-refractivity contribution >= 4 is 12.0 Å². The Bertz CT molecular complexity index is 918. The molecule has 5 nitrogen and oxygen atoms in total. The van der Waals surface area contributed by atoms with Crippen LogP contribution in [0.5, 0.6) is 0 Å². The van der Waals surface area contributed by atoms with Gasteiger partial charge in [0, 0.05) is 13.1 Å². The van der Waals surface area contributed by atoms with Gasteiger partial charge in [0.2, 0.25) is 5.91 Å². The van der Waals surface area contributed by atoms with Crippen LogP contribution in [0.15, 0.2) is 30.4 Å². The van der Waals surface area contributed by atoms with Crippen molar-refractivity contribution in [1.82, 2.24) is 10.2 Å². The Kier molecular flexibility index (Phi) is 6.37. The topological polar surface area (TPSA) is 58.6 Å². The van der Waals surface area contributed by atoms with Crippen LogP contribution >= 0.6 is 0 Å². The van der Waals surface area contributed by atoms with Crippen LogP contribution in [0.1, 0.15) is 57.7 Å². The summed E-state index contributed by atoms with van der Waals surface area (Å²) >= 11 is 0. The van der Waals surface area contributed by atoms with Gasteiger partial charge < -0.3 is 15.0 Å². The molecule has 3 rings (SSSR count). The van der Waals surface area contributed by atoms with Crippen molar-refractivity contribution in [2.24, 2.45) is 11.3 Å². The number of alkyl carbamates (subject to hydrolysis) is 1. The van der Waals surface area contributed by atoms with Gasteiger partial charge in [-0.25, -0.2) is 4.79 Å². The number of carbonyl (C=O) groups excluding carboxylic acids is 2. The van der Waals surface area contributed by atoms with E-state index in [4.69, 9.17) is 4.74 Å². The van der Waals surface area contributed by atoms with E-state index in [1.54, 1.807) is 25.7 Å². The first-order chi connectivity index (χ1) is 14.7. The second kappa shape index (κ2) is 8.45. The first-order valence-corrected chi connectivity index (χ1v) is 10.9. The molecule has 8 heteroatoms. The number of hydrogen-bond acceptors (Lipinski definition) is 3. The molecule has 1 aromatic carbocycles. The van der Waals surface area contributed by atoms with Crippen molar-refractivity contribution in [3.8, 4) is 0 Å². The van der Waals surface area contributed by atoms with Crippen molar-refractivity contribution in [3.05, 3.63) is 47.0 Å². The third-order valence-electron chi connectivity index (χ3n) is 6.15. The van der Waals surface area contributed by atoms with E-state index in [0.717, 1.165) is 17.7 Å². The number of nitrogens with zero attached hydrogens (tertiary/aromatic N) is 1. The molecule has 0 unspecified atom stereocenters. The van der Waals surface area contributed by atoms with Crippen LogP contribution in [0, 0.1) is 11.3 Å². The van der Waals surface area contributed by atoms with Gasteiger partial charge >= 0.3 is 12.3 Å². The number of hydrogen-bond donors (Lipinski definition) is 1. The van der Waals surface area contributed by atoms with Gasteiger partial charge in [-0.3, -0.25) is 4.79 Å². The maximum absolute atomic E-state index is 13.6. The zero-order valence-electron chi connectivity index (χ0n) is 19.2. The Labute approximate surface area is 187 Å². The van der Waals surface area contributed by atoms with Gasteiger partial charge in [-0.15, -0.1) is 0 Å². The van der Waals surface area contributed by atoms with E-state index in [9.17, 15) is 22.8 Å². The fourth-order valence-electron chi connectivity index (χ4n) is 4.38. The van der Waals surface area contributed by atoms with Crippen molar-refractivity contribution in [2.45, 2.75) is 71.8 Å². The molecule has 0 saturated heterocycles. The molecule has 2 aliphatic rings. The highest BCUT2D eigenvalue weighted by atomic mass is 19.4. The number of benzene rings is 1. The molecule has 1 aliphatic heterocycles. The van der Waals surface area contributed by atoms with Crippen molar-refractivity contribution in [1.29, 1.82) is 0 Å². The minimum atomic E-state index is -4.42. The number of ether oxygens (including phenoxy) is 1. The van der Waals surface area contributed by atoms with E-state index in [1.807, 2.05) is 26.0 Å². The lowest BCUT2D eigenvalue weighted by atomic mass is 9.74. The highest BCUT2D eigenvalue weighted by molar-refractivity contribution is 5.86. The molecule has 1 heterocycles. The molecule has 2 atom stereocenters. The second-order valence-electron chi connectivity index (χ2n) is 9.97. The van der Waals surface area contributed by atoms with Crippen LogP contribution in [0.3, 0.4) is 0 Å². The summed E-state index contributed by atoms with van der Waals surface area (Å²) in [4.78, 5) is 27.4. The van der Waals surface area contributed by atoms with Gasteiger partial charge in [-0.05, 0) is 62.8 Å². The molecule has 0 radical (unpaired) electrons. The molecule has 32 heavy (non-hydrogen) atoms. The highest BCUT2D eigenvalue weighted by Gasteiger charge is 2.47. The molecule has 1 aromatic rings. The summed E-state index contributed by atoms with van der Waals surface area (Å²) in [5.41, 5.74) is -0.797. The monoisotopic (exact) mass is 452 g/mol. The smallest absolute Gasteiger partial charge is 0.416 e. The number of rotatable bonds is 3. The van der Waals surface area contributed by atoms with E-state index in [2.05, 4.69) is 5.32 Å². The predicted octanol–water partition coefficient (Wildman–Crippen LogP) is 5.09. The molecular formula is C24H31F3N2O3. The van der Waals surface area contributed by atoms with Crippen LogP contribution in [0.4, 0.5) is 18.0 Å². The van der Waals surface area contributed by atoms with Gasteiger partial charge in [-0.1, -0.05) is 32.1 Å². The molecule has 2 amide bonds. The minimum Gasteiger partial charge on any atom is -0.444 e. The van der Waals surface area contributed by atoms with Crippen LogP contribution in [-0.2, 0) is 28.7 Å². The fraction of sp³-hybridized carbons (Fsp3) is 0.583. The third-order valence-corrected chi connectivity index (χ3v) is 6.15. The largest absolute Gasteiger partial charge is 0.444 e. The SMILES string of the molecule is CC(C)[C@]1(C(=O)N2CCc3ccc(C(F)(F)F)cc3C2)C=C[C@@H](NC(=O)OC(C)(C)C)C1. The molecule has 176 valence electrons. The highest BCUT2D eigenvalue weighted by Crippen LogP contribution is 2.42. The molecule has 0 fully saturated rings. The Morgan fingerprint density at radius 3 is 2.47 bits per heavy atom. The van der Waals surface area contributed by atoms with E-state index in [1.165, 1.54) is 6.07 Å². The van der Waals surface area contributed by atoms with Gasteiger partial charge in [0.25, 0.3) is 0 Å². The van der Waals surface area contributed by atoms with E-state index in [0.29, 0.717) is 24.9 Å². The maximum Gasteiger partial charge on any atom is 0.416 e. The van der Waals surface area contributed by atoms with Crippen LogP contribution in [-0.4, -0.2) is 35.1 Å². The zero-order valence-corrected chi connectivity index (χ0v) is 19.2. The van der Waals surface area contributed by atoms with Crippen molar-refractivity contribution < 1.29 is 27.5 Å². The number of alkyl halides is 3. The van der Waals surface area contributed by atoms with E-state index in [-0.39, 0.29) is 24.4 Å². The Hall–Kier alpha value is -2.51. The molecular weight excluding hydrogens is 421 g/mol. The maximum atomic E-state index is 13.6. The fourth-order valence-corrected chi connectivity index (χ4v) is 4.38. The standard InChI is InChI=1S/C24H31F3N2O3/c1-15(2)23(10-8-19(13-23)28-21(31)32-22(3,4)5)20(30)29-11-9-16-6-7-18(24(25,26)27)12-17(16)14-29/h6-8,10,12,15,19H,9,11,13-14H2,1-5H3,(H,28,31)/t19-,23+/m1/s1. The average Bonchev–Trinajstić information content (AvgIpc) is 3.09. The van der Waals surface area contributed by atoms with Gasteiger partial charge in [0.15, 0.2) is 0 Å². The minimum absolute atomic E-state index is 0.0559. The number of fused-ring (bicyclic) bond motifs is 1. The molecule has 0 bridgehead atoms. The molecule has 1 aliphatic carbocycles. The number of amides is 2. The lowest BCUT2D eigenvalue weighted by Crippen LogP contribution is -2.48. The Morgan fingerprint density at radius 1 is 1.19 bits per heavy atom. The number of halogens is 3. The summed E-state index contributed by atoms with van der Waals surface area (Å²) in [6, 6.07) is 3.39. The second-order valence-corrected chi connectivity index (χ2v) is 9.97. The number of carbonyl (C=O) groups is 2. The lowest BCUT2D eigenvalue weighted by Gasteiger charge is -2.39. The lowest BCUT2D eigenvalue weighted by molar-refractivity contribution is -0.143. The van der Waals surface area contributed by atoms with Gasteiger partial charge in [0.1, 0.15) is 5.60 Å². The van der Waals surface area contributed by atoms with Crippen molar-refractivity contribution in [2.75, 3.05) is 6.54 Å². The molecule has 0 spiro atoms. The quantitative estimate of drug-likeness (QED) is 0.651. The normalized spacial score (nSPS) is 23.3. The van der Waals surface area contributed by atoms with Crippen LogP contribution < -0.4 is 5.32 Å². The predicted molar refractivity (Wildman–Crippen MR) is 115 cm³/mol. The molecule has 1 N–H and O–H groups in total. The van der Waals surface area contributed by atoms with Gasteiger partial charge in [0.05, 0.1) is 17.0 Å². The van der Waals surface area contributed by atoms with Crippen LogP contribution in [0.2, 0.25) is 0 Å². The average molecular weight is 453 g/mol. The summed E-state index contributed by atoms with van der Waals surface area (Å²) in [5, 5.41) is 2.80. The van der Waals surface area contributed by atoms with Crippen LogP contribution in [0.25, 0.3) is 0 Å². The third kappa shape index (κ3) is 5.10. The Morgan fingerprint density at radius 2 is 1.88 bits per heavy atom. The summed E-state index contributed by atoms with van der Waals surface area (Å²) < 4.78 is 44.7. The molecule has 0 saturated carbocycles. The Balaban J connectivity index is 1.75. The van der Waals surface area contributed by atoms with Crippen molar-refractivity contribution in [3.63, 3.8) is 0 Å². The first kappa shape index (κ1) is 24.1. The first-order valence-electron chi connectivity index (χ1n) is 10.9. The summed E-state index contributed by atoms with van der Waals surface area (Å²) in [6.45, 7) is 9.80. The van der Waals surface area contributed by atoms with Gasteiger partial charge in [-0.2, -0.15) is 13.2 Å². The van der Waals surface area contributed by atoms with E-state index < -0.39 is 28.8 Å². The summed E-state index contributed by atoms with van der Waals surface area (Å²) in [5.74, 6) is -0.181. The summed E-state index contributed by atoms with van der Waals surface area (Å²) in [6.07, 6.45) is -0.433.